The van der Waals surface area contributed by atoms with Crippen LogP contribution in [0.1, 0.15) is 71.4 Å². The van der Waals surface area contributed by atoms with Crippen LogP contribution >= 0.6 is 47.0 Å². The second-order valence-corrected chi connectivity index (χ2v) is 21.2. The van der Waals surface area contributed by atoms with Gasteiger partial charge in [0.15, 0.2) is 5.57 Å². The maximum atomic E-state index is 14.7. The van der Waals surface area contributed by atoms with Crippen molar-refractivity contribution in [2.45, 2.75) is 105 Å². The molecule has 0 aromatic heterocycles. The Hall–Kier alpha value is -5.36. The summed E-state index contributed by atoms with van der Waals surface area (Å²) in [5.41, 5.74) is 1.38. The van der Waals surface area contributed by atoms with Crippen LogP contribution in [0.4, 0.5) is 0 Å². The van der Waals surface area contributed by atoms with Gasteiger partial charge in [-0.2, -0.15) is 5.26 Å². The molecule has 1 fully saturated rings. The number of thioether (sulfide) groups is 4. The number of hydrogen-bond donors (Lipinski definition) is 2. The van der Waals surface area contributed by atoms with Crippen molar-refractivity contribution in [3.63, 3.8) is 0 Å². The lowest BCUT2D eigenvalue weighted by molar-refractivity contribution is -0.151. The SMILES string of the molecule is C=C(C)C(=O)OCC(O)COc1c2c(c(OCC(O)COC(=O)C(C)C)c3c1S/C(=C(/C#N)C(=O)OCC(CC)CCCC)S3)SC(=C1C(=O)N(Cc3ccccc3)N(Cc3ccccc3)C1=O)S2. The van der Waals surface area contributed by atoms with Crippen LogP contribution in [-0.4, -0.2) is 95.2 Å². The molecule has 0 radical (unpaired) electrons. The van der Waals surface area contributed by atoms with E-state index in [1.807, 2.05) is 73.7 Å². The van der Waals surface area contributed by atoms with E-state index in [1.165, 1.54) is 16.9 Å². The topological polar surface area (TPSA) is 202 Å². The Morgan fingerprint density at radius 2 is 1.19 bits per heavy atom. The van der Waals surface area contributed by atoms with E-state index in [9.17, 15) is 39.4 Å². The summed E-state index contributed by atoms with van der Waals surface area (Å²) < 4.78 is 29.5. The first kappa shape index (κ1) is 53.0. The summed E-state index contributed by atoms with van der Waals surface area (Å²) in [7, 11) is 0. The standard InChI is InChI=1S/C50H55N3O12S4/c1-7-9-16-31(8-2)24-63-48(60)36(21-51)49-66-40-38(61-25-34(54)27-64-46(58)29(3)4)42-43(39(41(40)67-49)62-26-35(55)28-65-47(59)30(5)6)69-50(68-42)37-44(56)52(22-32-17-12-10-13-18-32)53(45(37)57)23-33-19-14-11-15-20-33/h10-15,17-20,30-31,34-35,54-55H,3,7-9,16,22-28H2,1-2,4-6H3/b49-36+. The van der Waals surface area contributed by atoms with Gasteiger partial charge in [-0.1, -0.05) is 161 Å². The van der Waals surface area contributed by atoms with Gasteiger partial charge in [-0.3, -0.25) is 14.4 Å². The molecule has 19 heteroatoms. The molecule has 3 aliphatic heterocycles. The third-order valence-corrected chi connectivity index (χ3v) is 15.9. The number of benzene rings is 3. The summed E-state index contributed by atoms with van der Waals surface area (Å²) >= 11 is 4.21. The van der Waals surface area contributed by atoms with Gasteiger partial charge in [-0.25, -0.2) is 19.6 Å². The van der Waals surface area contributed by atoms with Crippen molar-refractivity contribution >= 4 is 76.8 Å². The van der Waals surface area contributed by atoms with E-state index in [0.717, 1.165) is 83.9 Å². The van der Waals surface area contributed by atoms with Crippen molar-refractivity contribution in [1.29, 1.82) is 5.26 Å². The zero-order chi connectivity index (χ0) is 49.8. The predicted molar refractivity (Wildman–Crippen MR) is 262 cm³/mol. The number of aliphatic hydroxyl groups excluding tert-OH is 2. The van der Waals surface area contributed by atoms with Crippen LogP contribution in [0.5, 0.6) is 11.5 Å². The van der Waals surface area contributed by atoms with E-state index in [4.69, 9.17) is 23.7 Å². The normalized spacial score (nSPS) is 16.2. The molecule has 0 spiro atoms. The van der Waals surface area contributed by atoms with Gasteiger partial charge in [0.2, 0.25) is 0 Å². The molecule has 15 nitrogen and oxygen atoms in total. The van der Waals surface area contributed by atoms with E-state index >= 15 is 0 Å². The molecule has 69 heavy (non-hydrogen) atoms. The summed E-state index contributed by atoms with van der Waals surface area (Å²) in [6.45, 7) is 11.2. The number of nitrogens with zero attached hydrogens (tertiary/aromatic N) is 3. The third kappa shape index (κ3) is 13.3. The van der Waals surface area contributed by atoms with E-state index in [0.29, 0.717) is 23.8 Å². The zero-order valence-corrected chi connectivity index (χ0v) is 42.3. The molecular formula is C50H55N3O12S4. The van der Waals surface area contributed by atoms with Crippen LogP contribution in [0.15, 0.2) is 112 Å². The maximum Gasteiger partial charge on any atom is 0.350 e. The number of amides is 2. The van der Waals surface area contributed by atoms with Crippen molar-refractivity contribution in [3.05, 3.63) is 104 Å². The largest absolute Gasteiger partial charge is 0.488 e. The number of rotatable bonds is 23. The highest BCUT2D eigenvalue weighted by atomic mass is 32.2. The Kier molecular flexibility index (Phi) is 19.2. The van der Waals surface area contributed by atoms with Crippen LogP contribution in [0.3, 0.4) is 0 Å². The van der Waals surface area contributed by atoms with E-state index in [-0.39, 0.29) is 71.3 Å². The number of carbonyl (C=O) groups excluding carboxylic acids is 5. The Morgan fingerprint density at radius 3 is 1.64 bits per heavy atom. The van der Waals surface area contributed by atoms with Crippen LogP contribution in [0.25, 0.3) is 0 Å². The average Bonchev–Trinajstić information content (AvgIpc) is 4.03. The number of esters is 3. The molecule has 3 atom stereocenters. The number of hydrogen-bond acceptors (Lipinski definition) is 17. The number of aliphatic hydroxyl groups is 2. The summed E-state index contributed by atoms with van der Waals surface area (Å²) in [6.07, 6.45) is 0.981. The van der Waals surface area contributed by atoms with E-state index in [1.54, 1.807) is 13.8 Å². The van der Waals surface area contributed by atoms with Crippen molar-refractivity contribution in [2.24, 2.45) is 11.8 Å². The first-order chi connectivity index (χ1) is 33.1. The van der Waals surface area contributed by atoms with Crippen molar-refractivity contribution in [3.8, 4) is 17.6 Å². The molecule has 0 aliphatic carbocycles. The zero-order valence-electron chi connectivity index (χ0n) is 39.0. The number of ether oxygens (including phenoxy) is 5. The highest BCUT2D eigenvalue weighted by Crippen LogP contribution is 2.68. The van der Waals surface area contributed by atoms with Crippen molar-refractivity contribution in [2.75, 3.05) is 33.0 Å². The molecule has 3 aromatic rings. The Morgan fingerprint density at radius 1 is 0.710 bits per heavy atom. The minimum Gasteiger partial charge on any atom is -0.488 e. The van der Waals surface area contributed by atoms with Crippen LogP contribution in [0.2, 0.25) is 0 Å². The van der Waals surface area contributed by atoms with Gasteiger partial charge >= 0.3 is 17.9 Å². The first-order valence-corrected chi connectivity index (χ1v) is 25.8. The van der Waals surface area contributed by atoms with Crippen LogP contribution in [0, 0.1) is 23.2 Å². The van der Waals surface area contributed by atoms with Crippen molar-refractivity contribution < 1.29 is 57.9 Å². The van der Waals surface area contributed by atoms with Gasteiger partial charge in [-0.15, -0.1) is 0 Å². The molecule has 2 N–H and O–H groups in total. The molecule has 0 bridgehead atoms. The Labute approximate surface area is 418 Å². The molecule has 3 heterocycles. The first-order valence-electron chi connectivity index (χ1n) is 22.5. The second kappa shape index (κ2) is 25.0. The molecule has 366 valence electrons. The fraction of sp³-hybridized carbons (Fsp3) is 0.400. The third-order valence-electron chi connectivity index (χ3n) is 10.8. The van der Waals surface area contributed by atoms with Gasteiger partial charge in [0.25, 0.3) is 11.8 Å². The number of unbranched alkanes of at least 4 members (excludes halogenated alkanes) is 1. The highest BCUT2D eigenvalue weighted by molar-refractivity contribution is 8.26. The number of carbonyl (C=O) groups is 5. The number of hydrazine groups is 1. The summed E-state index contributed by atoms with van der Waals surface area (Å²) in [5.74, 6) is -3.09. The minimum atomic E-state index is -1.33. The van der Waals surface area contributed by atoms with E-state index < -0.39 is 61.1 Å². The molecule has 2 amide bonds. The molecule has 3 aliphatic rings. The fourth-order valence-corrected chi connectivity index (χ4v) is 12.3. The second-order valence-electron chi connectivity index (χ2n) is 16.6. The number of fused-ring (bicyclic) bond motifs is 2. The lowest BCUT2D eigenvalue weighted by Gasteiger charge is -2.27. The molecule has 3 unspecified atom stereocenters. The van der Waals surface area contributed by atoms with Gasteiger partial charge in [0.1, 0.15) is 61.8 Å². The predicted octanol–water partition coefficient (Wildman–Crippen LogP) is 8.57. The number of nitriles is 1. The molecule has 1 saturated heterocycles. The van der Waals surface area contributed by atoms with Gasteiger partial charge in [-0.05, 0) is 30.4 Å². The van der Waals surface area contributed by atoms with E-state index in [2.05, 4.69) is 13.5 Å². The van der Waals surface area contributed by atoms with Gasteiger partial charge in [0, 0.05) is 5.57 Å². The highest BCUT2D eigenvalue weighted by Gasteiger charge is 2.47. The van der Waals surface area contributed by atoms with Crippen LogP contribution in [-0.2, 0) is 51.3 Å². The molecule has 3 aromatic carbocycles. The lowest BCUT2D eigenvalue weighted by Crippen LogP contribution is -2.39. The molecule has 0 saturated carbocycles. The van der Waals surface area contributed by atoms with Gasteiger partial charge < -0.3 is 33.9 Å². The Bertz CT molecular complexity index is 2470. The quantitative estimate of drug-likeness (QED) is 0.0300. The summed E-state index contributed by atoms with van der Waals surface area (Å²) in [6, 6.07) is 20.6. The average molecular weight is 1020 g/mol. The lowest BCUT2D eigenvalue weighted by atomic mass is 10.0. The summed E-state index contributed by atoms with van der Waals surface area (Å²) in [5, 5.41) is 35.3. The van der Waals surface area contributed by atoms with Gasteiger partial charge in [0.05, 0.1) is 53.7 Å². The molecule has 6 rings (SSSR count). The van der Waals surface area contributed by atoms with Crippen molar-refractivity contribution in [1.82, 2.24) is 10.0 Å². The summed E-state index contributed by atoms with van der Waals surface area (Å²) in [4.78, 5) is 69.0. The maximum absolute atomic E-state index is 14.7. The smallest absolute Gasteiger partial charge is 0.350 e. The monoisotopic (exact) mass is 1020 g/mol. The minimum absolute atomic E-state index is 0.0998. The molecular weight excluding hydrogens is 963 g/mol. The Balaban J connectivity index is 1.44. The van der Waals surface area contributed by atoms with Crippen LogP contribution < -0.4 is 9.47 Å². The fourth-order valence-electron chi connectivity index (χ4n) is 6.87.